The standard InChI is InChI=1S/C13H23N/c1-10(2)13-8-3-9-14(13)12-6-4-11(13)5-7-12/h10-12H,3-9H2,1-2H3. The lowest BCUT2D eigenvalue weighted by molar-refractivity contribution is -0.0859. The second-order valence-corrected chi connectivity index (χ2v) is 5.95. The van der Waals surface area contributed by atoms with E-state index in [4.69, 9.17) is 0 Å². The molecule has 2 bridgehead atoms. The Morgan fingerprint density at radius 1 is 1.14 bits per heavy atom. The molecule has 3 aliphatic heterocycles. The van der Waals surface area contributed by atoms with Crippen LogP contribution in [0.3, 0.4) is 0 Å². The fraction of sp³-hybridized carbons (Fsp3) is 1.00. The topological polar surface area (TPSA) is 3.24 Å². The van der Waals surface area contributed by atoms with Crippen molar-refractivity contribution in [3.8, 4) is 0 Å². The molecule has 1 heteroatoms. The highest BCUT2D eigenvalue weighted by atomic mass is 15.3. The Morgan fingerprint density at radius 2 is 1.86 bits per heavy atom. The van der Waals surface area contributed by atoms with Gasteiger partial charge in [0.05, 0.1) is 0 Å². The van der Waals surface area contributed by atoms with Crippen LogP contribution in [0.15, 0.2) is 0 Å². The normalized spacial score (nSPS) is 47.4. The molecular weight excluding hydrogens is 170 g/mol. The number of hydrogen-bond donors (Lipinski definition) is 0. The lowest BCUT2D eigenvalue weighted by Gasteiger charge is -2.59. The van der Waals surface area contributed by atoms with Crippen molar-refractivity contribution in [3.63, 3.8) is 0 Å². The van der Waals surface area contributed by atoms with E-state index in [-0.39, 0.29) is 0 Å². The lowest BCUT2D eigenvalue weighted by Crippen LogP contribution is -2.63. The molecule has 4 fully saturated rings. The summed E-state index contributed by atoms with van der Waals surface area (Å²) in [5, 5.41) is 0. The van der Waals surface area contributed by atoms with Gasteiger partial charge in [0.2, 0.25) is 0 Å². The van der Waals surface area contributed by atoms with Gasteiger partial charge in [0, 0.05) is 11.6 Å². The Bertz CT molecular complexity index is 227. The minimum absolute atomic E-state index is 0.640. The summed E-state index contributed by atoms with van der Waals surface area (Å²) >= 11 is 0. The molecule has 1 unspecified atom stereocenters. The van der Waals surface area contributed by atoms with E-state index in [9.17, 15) is 0 Å². The van der Waals surface area contributed by atoms with Crippen molar-refractivity contribution in [1.29, 1.82) is 0 Å². The molecule has 0 N–H and O–H groups in total. The molecule has 0 aromatic rings. The number of hydrogen-bond acceptors (Lipinski definition) is 1. The van der Waals surface area contributed by atoms with Crippen molar-refractivity contribution in [2.75, 3.05) is 6.54 Å². The quantitative estimate of drug-likeness (QED) is 0.618. The zero-order valence-corrected chi connectivity index (χ0v) is 9.63. The maximum atomic E-state index is 2.91. The number of nitrogens with zero attached hydrogens (tertiary/aromatic N) is 1. The molecule has 3 saturated heterocycles. The minimum atomic E-state index is 0.640. The predicted molar refractivity (Wildman–Crippen MR) is 59.3 cm³/mol. The van der Waals surface area contributed by atoms with E-state index in [0.29, 0.717) is 5.54 Å². The summed E-state index contributed by atoms with van der Waals surface area (Å²) in [6.07, 6.45) is 9.01. The van der Waals surface area contributed by atoms with E-state index in [2.05, 4.69) is 18.7 Å². The van der Waals surface area contributed by atoms with Crippen LogP contribution in [-0.4, -0.2) is 23.0 Å². The van der Waals surface area contributed by atoms with Gasteiger partial charge in [0.25, 0.3) is 0 Å². The molecule has 0 aromatic heterocycles. The molecule has 3 heterocycles. The van der Waals surface area contributed by atoms with Gasteiger partial charge in [-0.25, -0.2) is 0 Å². The molecular formula is C13H23N. The first-order valence-electron chi connectivity index (χ1n) is 6.52. The molecule has 14 heavy (non-hydrogen) atoms. The average Bonchev–Trinajstić information content (AvgIpc) is 2.66. The van der Waals surface area contributed by atoms with Crippen LogP contribution in [0.5, 0.6) is 0 Å². The highest BCUT2D eigenvalue weighted by molar-refractivity contribution is 5.10. The average molecular weight is 193 g/mol. The summed E-state index contributed by atoms with van der Waals surface area (Å²) in [5.41, 5.74) is 0.640. The molecule has 0 aromatic carbocycles. The van der Waals surface area contributed by atoms with Crippen LogP contribution in [0.25, 0.3) is 0 Å². The van der Waals surface area contributed by atoms with Crippen molar-refractivity contribution < 1.29 is 0 Å². The fourth-order valence-corrected chi connectivity index (χ4v) is 4.82. The molecule has 1 saturated carbocycles. The smallest absolute Gasteiger partial charge is 0.0264 e. The second kappa shape index (κ2) is 2.98. The first-order valence-corrected chi connectivity index (χ1v) is 6.52. The van der Waals surface area contributed by atoms with Crippen molar-refractivity contribution in [3.05, 3.63) is 0 Å². The van der Waals surface area contributed by atoms with Gasteiger partial charge in [-0.05, 0) is 56.9 Å². The van der Waals surface area contributed by atoms with Gasteiger partial charge in [-0.15, -0.1) is 0 Å². The van der Waals surface area contributed by atoms with Crippen LogP contribution < -0.4 is 0 Å². The van der Waals surface area contributed by atoms with Gasteiger partial charge in [0.1, 0.15) is 0 Å². The zero-order valence-electron chi connectivity index (χ0n) is 9.63. The van der Waals surface area contributed by atoms with Crippen LogP contribution in [0.1, 0.15) is 52.4 Å². The van der Waals surface area contributed by atoms with Crippen LogP contribution in [0, 0.1) is 11.8 Å². The van der Waals surface area contributed by atoms with E-state index in [1.807, 2.05) is 0 Å². The van der Waals surface area contributed by atoms with E-state index in [0.717, 1.165) is 17.9 Å². The van der Waals surface area contributed by atoms with Gasteiger partial charge in [0.15, 0.2) is 0 Å². The third-order valence-electron chi connectivity index (χ3n) is 5.36. The second-order valence-electron chi connectivity index (χ2n) is 5.95. The molecule has 0 radical (unpaired) electrons. The zero-order chi connectivity index (χ0) is 9.76. The monoisotopic (exact) mass is 193 g/mol. The van der Waals surface area contributed by atoms with Crippen LogP contribution in [0.2, 0.25) is 0 Å². The first kappa shape index (κ1) is 9.21. The highest BCUT2D eigenvalue weighted by Crippen LogP contribution is 2.54. The van der Waals surface area contributed by atoms with Gasteiger partial charge in [-0.2, -0.15) is 0 Å². The van der Waals surface area contributed by atoms with Gasteiger partial charge >= 0.3 is 0 Å². The van der Waals surface area contributed by atoms with Crippen LogP contribution in [-0.2, 0) is 0 Å². The van der Waals surface area contributed by atoms with Crippen molar-refractivity contribution >= 4 is 0 Å². The highest BCUT2D eigenvalue weighted by Gasteiger charge is 2.56. The molecule has 80 valence electrons. The summed E-state index contributed by atoms with van der Waals surface area (Å²) in [5.74, 6) is 1.91. The lowest BCUT2D eigenvalue weighted by atomic mass is 9.62. The van der Waals surface area contributed by atoms with E-state index >= 15 is 0 Å². The predicted octanol–water partition coefficient (Wildman–Crippen LogP) is 3.05. The third-order valence-corrected chi connectivity index (χ3v) is 5.36. The summed E-state index contributed by atoms with van der Waals surface area (Å²) in [7, 11) is 0. The van der Waals surface area contributed by atoms with Gasteiger partial charge in [-0.1, -0.05) is 13.8 Å². The maximum Gasteiger partial charge on any atom is 0.0264 e. The Balaban J connectivity index is 1.99. The Labute approximate surface area is 87.9 Å². The maximum absolute atomic E-state index is 2.91. The minimum Gasteiger partial charge on any atom is -0.294 e. The SMILES string of the molecule is CC(C)C12CCCN1C1CCC2CC1. The van der Waals surface area contributed by atoms with Crippen LogP contribution >= 0.6 is 0 Å². The third kappa shape index (κ3) is 0.946. The fourth-order valence-electron chi connectivity index (χ4n) is 4.82. The molecule has 1 atom stereocenters. The van der Waals surface area contributed by atoms with E-state index in [1.165, 1.54) is 45.1 Å². The van der Waals surface area contributed by atoms with Gasteiger partial charge < -0.3 is 0 Å². The molecule has 4 aliphatic rings. The molecule has 4 rings (SSSR count). The summed E-state index contributed by atoms with van der Waals surface area (Å²) in [4.78, 5) is 2.91. The summed E-state index contributed by atoms with van der Waals surface area (Å²) in [6, 6.07) is 0.963. The van der Waals surface area contributed by atoms with E-state index in [1.54, 1.807) is 0 Å². The largest absolute Gasteiger partial charge is 0.294 e. The van der Waals surface area contributed by atoms with Gasteiger partial charge in [-0.3, -0.25) is 4.90 Å². The summed E-state index contributed by atoms with van der Waals surface area (Å²) < 4.78 is 0. The molecule has 1 aliphatic carbocycles. The molecule has 0 amide bonds. The summed E-state index contributed by atoms with van der Waals surface area (Å²) in [6.45, 7) is 6.32. The molecule has 1 nitrogen and oxygen atoms in total. The number of piperidine rings is 2. The Morgan fingerprint density at radius 3 is 2.43 bits per heavy atom. The van der Waals surface area contributed by atoms with Crippen LogP contribution in [0.4, 0.5) is 0 Å². The Kier molecular flexibility index (Phi) is 1.96. The Hall–Kier alpha value is -0.0400. The molecule has 0 spiro atoms. The number of rotatable bonds is 1. The van der Waals surface area contributed by atoms with Crippen molar-refractivity contribution in [2.45, 2.75) is 64.0 Å². The van der Waals surface area contributed by atoms with Crippen molar-refractivity contribution in [2.24, 2.45) is 11.8 Å². The number of fused-ring (bicyclic) bond motifs is 2. The van der Waals surface area contributed by atoms with E-state index < -0.39 is 0 Å². The first-order chi connectivity index (χ1) is 6.75. The van der Waals surface area contributed by atoms with Crippen molar-refractivity contribution in [1.82, 2.24) is 4.90 Å².